The molecule has 0 amide bonds. The number of ether oxygens (including phenoxy) is 1. The van der Waals surface area contributed by atoms with Gasteiger partial charge < -0.3 is 9.64 Å². The molecule has 0 spiro atoms. The van der Waals surface area contributed by atoms with Gasteiger partial charge in [0.25, 0.3) is 5.69 Å². The monoisotopic (exact) mass is 346 g/mol. The summed E-state index contributed by atoms with van der Waals surface area (Å²) in [5.74, 6) is -0.227. The number of benzene rings is 1. The van der Waals surface area contributed by atoms with Crippen LogP contribution >= 0.6 is 11.3 Å². The standard InChI is InChI=1S/C15H14N4O4S/c20-14(11-1-3-12(4-2-11)19(21)22)13-9-16-15(24-13)17-10-18-5-7-23-8-6-18/h1-4,9-10H,5-8H2/b17-10-. The summed E-state index contributed by atoms with van der Waals surface area (Å²) in [7, 11) is 0. The number of morpholine rings is 1. The Kier molecular flexibility index (Phi) is 4.92. The third-order valence-corrected chi connectivity index (χ3v) is 4.34. The molecule has 1 fully saturated rings. The molecule has 0 aliphatic carbocycles. The maximum Gasteiger partial charge on any atom is 0.269 e. The Bertz CT molecular complexity index is 766. The summed E-state index contributed by atoms with van der Waals surface area (Å²) in [5.41, 5.74) is 0.333. The highest BCUT2D eigenvalue weighted by molar-refractivity contribution is 7.17. The molecule has 1 saturated heterocycles. The molecule has 2 aromatic rings. The van der Waals surface area contributed by atoms with Crippen molar-refractivity contribution in [1.29, 1.82) is 0 Å². The zero-order valence-corrected chi connectivity index (χ0v) is 13.4. The number of hydrogen-bond donors (Lipinski definition) is 0. The fourth-order valence-corrected chi connectivity index (χ4v) is 2.85. The molecule has 3 rings (SSSR count). The normalized spacial score (nSPS) is 14.9. The van der Waals surface area contributed by atoms with E-state index in [-0.39, 0.29) is 11.5 Å². The molecule has 0 N–H and O–H groups in total. The zero-order valence-electron chi connectivity index (χ0n) is 12.6. The number of rotatable bonds is 5. The number of nitro groups is 1. The largest absolute Gasteiger partial charge is 0.378 e. The van der Waals surface area contributed by atoms with Gasteiger partial charge in [0, 0.05) is 30.8 Å². The van der Waals surface area contributed by atoms with Crippen molar-refractivity contribution in [3.63, 3.8) is 0 Å². The fourth-order valence-electron chi connectivity index (χ4n) is 2.13. The molecule has 9 heteroatoms. The Balaban J connectivity index is 1.68. The first-order valence-corrected chi connectivity index (χ1v) is 8.06. The van der Waals surface area contributed by atoms with Crippen molar-refractivity contribution in [3.05, 3.63) is 51.0 Å². The van der Waals surface area contributed by atoms with Crippen molar-refractivity contribution < 1.29 is 14.5 Å². The van der Waals surface area contributed by atoms with Crippen LogP contribution in [0.3, 0.4) is 0 Å². The van der Waals surface area contributed by atoms with E-state index in [1.807, 2.05) is 4.90 Å². The highest BCUT2D eigenvalue weighted by atomic mass is 32.1. The molecule has 1 aromatic carbocycles. The van der Waals surface area contributed by atoms with Crippen LogP contribution < -0.4 is 0 Å². The second kappa shape index (κ2) is 7.28. The number of nitrogens with zero attached hydrogens (tertiary/aromatic N) is 4. The molecule has 0 atom stereocenters. The molecule has 0 bridgehead atoms. The molecule has 0 radical (unpaired) electrons. The Labute approximate surface area is 141 Å². The second-order valence-electron chi connectivity index (χ2n) is 5.03. The van der Waals surface area contributed by atoms with Crippen molar-refractivity contribution in [2.24, 2.45) is 4.99 Å². The number of nitro benzene ring substituents is 1. The van der Waals surface area contributed by atoms with E-state index in [1.165, 1.54) is 41.8 Å². The Hall–Kier alpha value is -2.65. The van der Waals surface area contributed by atoms with E-state index in [2.05, 4.69) is 9.98 Å². The number of carbonyl (C=O) groups excluding carboxylic acids is 1. The lowest BCUT2D eigenvalue weighted by molar-refractivity contribution is -0.384. The topological polar surface area (TPSA) is 97.9 Å². The molecule has 1 aliphatic heterocycles. The summed E-state index contributed by atoms with van der Waals surface area (Å²) in [4.78, 5) is 33.4. The van der Waals surface area contributed by atoms with E-state index in [0.717, 1.165) is 13.1 Å². The summed E-state index contributed by atoms with van der Waals surface area (Å²) >= 11 is 1.18. The summed E-state index contributed by atoms with van der Waals surface area (Å²) < 4.78 is 5.26. The number of aliphatic imine (C=N–C) groups is 1. The third-order valence-electron chi connectivity index (χ3n) is 3.43. The minimum Gasteiger partial charge on any atom is -0.378 e. The maximum absolute atomic E-state index is 12.4. The average molecular weight is 346 g/mol. The number of ketones is 1. The SMILES string of the molecule is O=C(c1ccc([N+](=O)[O-])cc1)c1cnc(/N=C\N2CCOCC2)s1. The minimum atomic E-state index is -0.501. The van der Waals surface area contributed by atoms with Gasteiger partial charge in [0.15, 0.2) is 0 Å². The first kappa shape index (κ1) is 16.2. The smallest absolute Gasteiger partial charge is 0.269 e. The molecule has 24 heavy (non-hydrogen) atoms. The van der Waals surface area contributed by atoms with Crippen molar-refractivity contribution in [2.45, 2.75) is 0 Å². The van der Waals surface area contributed by atoms with Crippen molar-refractivity contribution >= 4 is 34.3 Å². The lowest BCUT2D eigenvalue weighted by atomic mass is 10.1. The molecule has 0 unspecified atom stereocenters. The van der Waals surface area contributed by atoms with Crippen LogP contribution in [0.2, 0.25) is 0 Å². The Morgan fingerprint density at radius 3 is 2.71 bits per heavy atom. The number of hydrogen-bond acceptors (Lipinski definition) is 7. The van der Waals surface area contributed by atoms with E-state index < -0.39 is 4.92 Å². The van der Waals surface area contributed by atoms with Crippen LogP contribution in [0.1, 0.15) is 15.2 Å². The lowest BCUT2D eigenvalue weighted by Crippen LogP contribution is -2.34. The van der Waals surface area contributed by atoms with E-state index in [9.17, 15) is 14.9 Å². The molecule has 1 aromatic heterocycles. The van der Waals surface area contributed by atoms with Crippen LogP contribution in [-0.2, 0) is 4.74 Å². The first-order valence-electron chi connectivity index (χ1n) is 7.24. The van der Waals surface area contributed by atoms with Gasteiger partial charge in [-0.1, -0.05) is 11.3 Å². The first-order chi connectivity index (χ1) is 11.6. The van der Waals surface area contributed by atoms with Crippen molar-refractivity contribution in [3.8, 4) is 0 Å². The number of non-ortho nitro benzene ring substituents is 1. The van der Waals surface area contributed by atoms with Crippen LogP contribution in [0, 0.1) is 10.1 Å². The zero-order chi connectivity index (χ0) is 16.9. The third kappa shape index (κ3) is 3.81. The molecular weight excluding hydrogens is 332 g/mol. The molecule has 2 heterocycles. The molecule has 124 valence electrons. The molecule has 0 saturated carbocycles. The summed E-state index contributed by atoms with van der Waals surface area (Å²) in [6.07, 6.45) is 3.18. The predicted molar refractivity (Wildman–Crippen MR) is 89.2 cm³/mol. The van der Waals surface area contributed by atoms with Gasteiger partial charge in [0.1, 0.15) is 0 Å². The lowest BCUT2D eigenvalue weighted by Gasteiger charge is -2.23. The minimum absolute atomic E-state index is 0.0494. The van der Waals surface area contributed by atoms with Gasteiger partial charge >= 0.3 is 0 Å². The average Bonchev–Trinajstić information content (AvgIpc) is 3.09. The van der Waals surface area contributed by atoms with Gasteiger partial charge in [0.05, 0.1) is 35.5 Å². The summed E-state index contributed by atoms with van der Waals surface area (Å²) in [6, 6.07) is 5.51. The quantitative estimate of drug-likeness (QED) is 0.271. The highest BCUT2D eigenvalue weighted by Crippen LogP contribution is 2.24. The summed E-state index contributed by atoms with van der Waals surface area (Å²) in [5, 5.41) is 11.1. The molecular formula is C15H14N4O4S. The van der Waals surface area contributed by atoms with Crippen LogP contribution in [0.25, 0.3) is 0 Å². The Morgan fingerprint density at radius 1 is 1.33 bits per heavy atom. The second-order valence-corrected chi connectivity index (χ2v) is 6.04. The Morgan fingerprint density at radius 2 is 2.04 bits per heavy atom. The van der Waals surface area contributed by atoms with E-state index in [0.29, 0.717) is 28.8 Å². The van der Waals surface area contributed by atoms with Gasteiger partial charge in [-0.15, -0.1) is 0 Å². The van der Waals surface area contributed by atoms with Gasteiger partial charge in [-0.25, -0.2) is 9.98 Å². The molecule has 1 aliphatic rings. The molecule has 8 nitrogen and oxygen atoms in total. The van der Waals surface area contributed by atoms with Gasteiger partial charge in [-0.2, -0.15) is 0 Å². The van der Waals surface area contributed by atoms with Crippen molar-refractivity contribution in [2.75, 3.05) is 26.3 Å². The van der Waals surface area contributed by atoms with E-state index in [1.54, 1.807) is 6.34 Å². The van der Waals surface area contributed by atoms with Crippen molar-refractivity contribution in [1.82, 2.24) is 9.88 Å². The fraction of sp³-hybridized carbons (Fsp3) is 0.267. The van der Waals surface area contributed by atoms with Gasteiger partial charge in [-0.3, -0.25) is 14.9 Å². The predicted octanol–water partition coefficient (Wildman–Crippen LogP) is 2.27. The van der Waals surface area contributed by atoms with Gasteiger partial charge in [-0.05, 0) is 12.1 Å². The van der Waals surface area contributed by atoms with Crippen LogP contribution in [0.4, 0.5) is 10.8 Å². The van der Waals surface area contributed by atoms with Crippen LogP contribution in [0.15, 0.2) is 35.5 Å². The highest BCUT2D eigenvalue weighted by Gasteiger charge is 2.15. The van der Waals surface area contributed by atoms with E-state index in [4.69, 9.17) is 4.74 Å². The van der Waals surface area contributed by atoms with Crippen LogP contribution in [-0.4, -0.2) is 53.2 Å². The number of aromatic nitrogens is 1. The maximum atomic E-state index is 12.4. The summed E-state index contributed by atoms with van der Waals surface area (Å²) in [6.45, 7) is 2.91. The number of carbonyl (C=O) groups is 1. The van der Waals surface area contributed by atoms with Crippen LogP contribution in [0.5, 0.6) is 0 Å². The number of thiazole rings is 1. The van der Waals surface area contributed by atoms with E-state index >= 15 is 0 Å². The van der Waals surface area contributed by atoms with Gasteiger partial charge in [0.2, 0.25) is 10.9 Å².